The zero-order valence-corrected chi connectivity index (χ0v) is 30.2. The number of primary amides is 1. The van der Waals surface area contributed by atoms with Crippen molar-refractivity contribution in [1.82, 2.24) is 15.5 Å². The van der Waals surface area contributed by atoms with E-state index < -0.39 is 64.3 Å². The largest absolute Gasteiger partial charge is 0.496 e. The molecule has 1 aliphatic carbocycles. The monoisotopic (exact) mass is 705 g/mol. The van der Waals surface area contributed by atoms with E-state index in [0.29, 0.717) is 34.4 Å². The van der Waals surface area contributed by atoms with Crippen LogP contribution in [0.15, 0.2) is 17.3 Å². The van der Waals surface area contributed by atoms with Crippen LogP contribution in [0, 0.1) is 11.3 Å². The maximum Gasteiger partial charge on any atom is 0.408 e. The van der Waals surface area contributed by atoms with E-state index in [2.05, 4.69) is 15.8 Å². The molecule has 1 spiro atoms. The number of hydrogen-bond acceptors (Lipinski definition) is 10. The number of likely N-dealkylation sites (tertiary alicyclic amines) is 1. The molecule has 0 aromatic heterocycles. The van der Waals surface area contributed by atoms with Gasteiger partial charge < -0.3 is 40.3 Å². The lowest BCUT2D eigenvalue weighted by Gasteiger charge is -2.36. The number of ketones is 1. The molecule has 4 amide bonds. The van der Waals surface area contributed by atoms with Crippen LogP contribution < -0.4 is 25.8 Å². The number of carbonyl (C=O) groups is 5. The normalized spacial score (nSPS) is 21.7. The number of alkyl carbamates (subject to hydrolysis) is 1. The lowest BCUT2D eigenvalue weighted by Crippen LogP contribution is -2.59. The number of rotatable bonds is 12. The number of amides is 4. The summed E-state index contributed by atoms with van der Waals surface area (Å²) in [5.74, 6) is -2.23. The number of oxime groups is 1. The van der Waals surface area contributed by atoms with Gasteiger partial charge in [0.25, 0.3) is 5.91 Å². The van der Waals surface area contributed by atoms with Crippen molar-refractivity contribution >= 4 is 46.9 Å². The second kappa shape index (κ2) is 14.4. The highest BCUT2D eigenvalue weighted by molar-refractivity contribution is 6.38. The van der Waals surface area contributed by atoms with Crippen LogP contribution in [0.4, 0.5) is 4.79 Å². The summed E-state index contributed by atoms with van der Waals surface area (Å²) in [7, 11) is 1.50. The number of methoxy groups -OCH3 is 1. The third-order valence-corrected chi connectivity index (χ3v) is 8.90. The number of benzene rings is 1. The molecule has 15 heteroatoms. The minimum atomic E-state index is -1.16. The highest BCUT2D eigenvalue weighted by Crippen LogP contribution is 2.43. The molecule has 4 rings (SSSR count). The Bertz CT molecular complexity index is 1510. The molecule has 1 saturated heterocycles. The Morgan fingerprint density at radius 1 is 1.10 bits per heavy atom. The molecule has 0 unspecified atom stereocenters. The first kappa shape index (κ1) is 37.7. The number of ether oxygens (including phenoxy) is 3. The molecule has 14 nitrogen and oxygen atoms in total. The Morgan fingerprint density at radius 2 is 1.78 bits per heavy atom. The number of hydrogen-bond donors (Lipinski definition) is 3. The minimum Gasteiger partial charge on any atom is -0.496 e. The van der Waals surface area contributed by atoms with Gasteiger partial charge in [0.1, 0.15) is 29.2 Å². The van der Waals surface area contributed by atoms with Gasteiger partial charge in [0.15, 0.2) is 5.60 Å². The van der Waals surface area contributed by atoms with Gasteiger partial charge in [-0.05, 0) is 51.5 Å². The first-order valence-electron chi connectivity index (χ1n) is 16.5. The Balaban J connectivity index is 1.67. The minimum absolute atomic E-state index is 0.00510. The lowest BCUT2D eigenvalue weighted by molar-refractivity contribution is -0.143. The lowest BCUT2D eigenvalue weighted by atomic mass is 9.85. The van der Waals surface area contributed by atoms with Crippen molar-refractivity contribution in [1.29, 1.82) is 0 Å². The molecule has 2 aliphatic heterocycles. The van der Waals surface area contributed by atoms with Crippen molar-refractivity contribution in [2.24, 2.45) is 22.2 Å². The van der Waals surface area contributed by atoms with Crippen LogP contribution >= 0.6 is 11.6 Å². The molecule has 1 aromatic carbocycles. The smallest absolute Gasteiger partial charge is 0.408 e. The molecule has 3 aliphatic rings. The number of halogens is 1. The predicted octanol–water partition coefficient (Wildman–Crippen LogP) is 3.49. The third kappa shape index (κ3) is 9.14. The molecule has 270 valence electrons. The molecule has 1 saturated carbocycles. The van der Waals surface area contributed by atoms with Crippen LogP contribution in [0.25, 0.3) is 0 Å². The third-order valence-electron chi connectivity index (χ3n) is 8.61. The summed E-state index contributed by atoms with van der Waals surface area (Å²) in [6, 6.07) is -0.0977. The first-order chi connectivity index (χ1) is 22.8. The van der Waals surface area contributed by atoms with Gasteiger partial charge in [-0.25, -0.2) is 4.79 Å². The molecule has 4 atom stereocenters. The Labute approximate surface area is 291 Å². The van der Waals surface area contributed by atoms with Crippen molar-refractivity contribution in [2.45, 2.75) is 110 Å². The van der Waals surface area contributed by atoms with Crippen molar-refractivity contribution in [3.63, 3.8) is 0 Å². The summed E-state index contributed by atoms with van der Waals surface area (Å²) >= 11 is 6.50. The standard InChI is InChI=1S/C34H48ClN5O9/c1-9-47-25-14-24(46-8)19(13-20(25)35)22-15-34(49-39-22)16-23(29(43)37-21(12-18-10-11-18)26(41)28(36)42)40(17-34)30(44)27(32(2,3)4)38-31(45)48-33(5,6)7/h13-14,18,21,23,27H,9-12,15-17H2,1-8H3,(H2,36,42)(H,37,43)(H,38,45)/t21-,23-,27+,34+/m0/s1. The molecule has 0 radical (unpaired) electrons. The van der Waals surface area contributed by atoms with Gasteiger partial charge in [-0.3, -0.25) is 19.2 Å². The zero-order valence-electron chi connectivity index (χ0n) is 29.4. The molecule has 2 fully saturated rings. The number of nitrogens with one attached hydrogen (secondary N) is 2. The van der Waals surface area contributed by atoms with E-state index in [1.807, 2.05) is 6.92 Å². The van der Waals surface area contributed by atoms with E-state index in [1.54, 1.807) is 53.7 Å². The summed E-state index contributed by atoms with van der Waals surface area (Å²) in [6.45, 7) is 12.6. The molecule has 2 heterocycles. The van der Waals surface area contributed by atoms with Crippen molar-refractivity contribution < 1.29 is 43.0 Å². The molecular formula is C34H48ClN5O9. The fourth-order valence-electron chi connectivity index (χ4n) is 6.07. The van der Waals surface area contributed by atoms with Crippen LogP contribution in [0.1, 0.15) is 86.1 Å². The van der Waals surface area contributed by atoms with Gasteiger partial charge in [-0.15, -0.1) is 0 Å². The van der Waals surface area contributed by atoms with Gasteiger partial charge in [0, 0.05) is 24.5 Å². The van der Waals surface area contributed by atoms with Crippen molar-refractivity contribution in [2.75, 3.05) is 20.3 Å². The second-order valence-corrected chi connectivity index (χ2v) is 15.4. The summed E-state index contributed by atoms with van der Waals surface area (Å²) < 4.78 is 16.7. The first-order valence-corrected chi connectivity index (χ1v) is 16.8. The SMILES string of the molecule is CCOc1cc(OC)c(C2=NO[C@]3(C2)C[C@@H](C(=O)N[C@@H](CC2CC2)C(=O)C(N)=O)N(C(=O)[C@@H](NC(=O)OC(C)(C)C)C(C)(C)C)C3)cc1Cl. The molecule has 4 N–H and O–H groups in total. The van der Waals surface area contributed by atoms with Gasteiger partial charge >= 0.3 is 6.09 Å². The Hall–Kier alpha value is -4.07. The maximum atomic E-state index is 14.4. The van der Waals surface area contributed by atoms with E-state index in [0.717, 1.165) is 12.8 Å². The van der Waals surface area contributed by atoms with Gasteiger partial charge in [0.05, 0.1) is 37.0 Å². The average Bonchev–Trinajstić information content (AvgIpc) is 3.60. The maximum absolute atomic E-state index is 14.4. The topological polar surface area (TPSA) is 188 Å². The van der Waals surface area contributed by atoms with E-state index in [1.165, 1.54) is 12.0 Å². The van der Waals surface area contributed by atoms with E-state index in [4.69, 9.17) is 36.4 Å². The molecular weight excluding hydrogens is 658 g/mol. The van der Waals surface area contributed by atoms with Crippen LogP contribution in [0.5, 0.6) is 11.5 Å². The summed E-state index contributed by atoms with van der Waals surface area (Å²) in [6.07, 6.45) is 1.36. The Kier molecular flexibility index (Phi) is 11.1. The van der Waals surface area contributed by atoms with E-state index >= 15 is 0 Å². The highest BCUT2D eigenvalue weighted by atomic mass is 35.5. The van der Waals surface area contributed by atoms with Crippen LogP contribution in [0.2, 0.25) is 5.02 Å². The zero-order chi connectivity index (χ0) is 36.5. The second-order valence-electron chi connectivity index (χ2n) is 15.0. The molecule has 1 aromatic rings. The summed E-state index contributed by atoms with van der Waals surface area (Å²) in [4.78, 5) is 73.4. The number of nitrogens with zero attached hydrogens (tertiary/aromatic N) is 2. The number of carbonyl (C=O) groups excluding carboxylic acids is 5. The Morgan fingerprint density at radius 3 is 2.33 bits per heavy atom. The van der Waals surface area contributed by atoms with Crippen molar-refractivity contribution in [3.8, 4) is 11.5 Å². The quantitative estimate of drug-likeness (QED) is 0.274. The number of nitrogens with two attached hydrogens (primary N) is 1. The van der Waals surface area contributed by atoms with E-state index in [-0.39, 0.29) is 31.7 Å². The summed E-state index contributed by atoms with van der Waals surface area (Å²) in [5, 5.41) is 10.1. The van der Waals surface area contributed by atoms with Gasteiger partial charge in [0.2, 0.25) is 17.6 Å². The van der Waals surface area contributed by atoms with Crippen LogP contribution in [-0.4, -0.2) is 89.8 Å². The fraction of sp³-hybridized carbons (Fsp3) is 0.647. The van der Waals surface area contributed by atoms with E-state index in [9.17, 15) is 24.0 Å². The van der Waals surface area contributed by atoms with Gasteiger partial charge in [-0.1, -0.05) is 50.4 Å². The molecule has 0 bridgehead atoms. The van der Waals surface area contributed by atoms with Crippen LogP contribution in [0.3, 0.4) is 0 Å². The van der Waals surface area contributed by atoms with Gasteiger partial charge in [-0.2, -0.15) is 0 Å². The highest BCUT2D eigenvalue weighted by Gasteiger charge is 2.56. The summed E-state index contributed by atoms with van der Waals surface area (Å²) in [5.41, 5.74) is 3.56. The van der Waals surface area contributed by atoms with Crippen LogP contribution in [-0.2, 0) is 28.8 Å². The predicted molar refractivity (Wildman–Crippen MR) is 180 cm³/mol. The van der Waals surface area contributed by atoms with Crippen molar-refractivity contribution in [3.05, 3.63) is 22.7 Å². The number of Topliss-reactive ketones (excluding diaryl/α,β-unsaturated/α-hetero) is 1. The average molecular weight is 706 g/mol. The molecule has 49 heavy (non-hydrogen) atoms. The fourth-order valence-corrected chi connectivity index (χ4v) is 6.29.